The van der Waals surface area contributed by atoms with Crippen LogP contribution in [0, 0.1) is 10.8 Å². The van der Waals surface area contributed by atoms with E-state index in [0.717, 1.165) is 24.8 Å². The molecule has 4 rings (SSSR count). The van der Waals surface area contributed by atoms with Gasteiger partial charge in [-0.15, -0.1) is 0 Å². The van der Waals surface area contributed by atoms with Crippen LogP contribution in [0.25, 0.3) is 0 Å². The van der Waals surface area contributed by atoms with Crippen molar-refractivity contribution in [1.82, 2.24) is 4.90 Å². The van der Waals surface area contributed by atoms with E-state index in [-0.39, 0.29) is 11.3 Å². The van der Waals surface area contributed by atoms with E-state index in [0.29, 0.717) is 31.7 Å². The molecule has 136 valence electrons. The normalized spacial score (nSPS) is 28.2. The summed E-state index contributed by atoms with van der Waals surface area (Å²) in [5.74, 6) is 0.0252. The summed E-state index contributed by atoms with van der Waals surface area (Å²) in [5, 5.41) is 9.51. The van der Waals surface area contributed by atoms with Crippen molar-refractivity contribution in [1.29, 1.82) is 0 Å². The Balaban J connectivity index is 1.66. The summed E-state index contributed by atoms with van der Waals surface area (Å²) in [6.07, 6.45) is 4.08. The van der Waals surface area contributed by atoms with E-state index < -0.39 is 11.4 Å². The molecule has 1 aromatic rings. The van der Waals surface area contributed by atoms with Gasteiger partial charge >= 0.3 is 5.97 Å². The van der Waals surface area contributed by atoms with Gasteiger partial charge in [-0.25, -0.2) is 0 Å². The summed E-state index contributed by atoms with van der Waals surface area (Å²) >= 11 is 0. The maximum absolute atomic E-state index is 13.1. The Morgan fingerprint density at radius 2 is 1.48 bits per heavy atom. The fourth-order valence-corrected chi connectivity index (χ4v) is 4.59. The number of hydrogen-bond acceptors (Lipinski definition) is 2. The van der Waals surface area contributed by atoms with Crippen LogP contribution in [0.3, 0.4) is 0 Å². The molecule has 0 spiro atoms. The Morgan fingerprint density at radius 1 is 1.00 bits per heavy atom. The van der Waals surface area contributed by atoms with E-state index in [1.54, 1.807) is 0 Å². The predicted molar refractivity (Wildman–Crippen MR) is 97.2 cm³/mol. The quantitative estimate of drug-likeness (QED) is 0.872. The first-order valence-electron chi connectivity index (χ1n) is 9.36. The molecule has 0 radical (unpaired) electrons. The van der Waals surface area contributed by atoms with E-state index in [9.17, 15) is 14.7 Å². The lowest BCUT2D eigenvalue weighted by Gasteiger charge is -2.51. The zero-order valence-electron chi connectivity index (χ0n) is 15.5. The molecule has 4 nitrogen and oxygen atoms in total. The lowest BCUT2D eigenvalue weighted by molar-refractivity contribution is -0.167. The second kappa shape index (κ2) is 6.47. The second-order valence-corrected chi connectivity index (χ2v) is 8.42. The van der Waals surface area contributed by atoms with Crippen LogP contribution in [-0.4, -0.2) is 28.9 Å². The van der Waals surface area contributed by atoms with Crippen molar-refractivity contribution in [2.45, 2.75) is 64.8 Å². The molecule has 0 aromatic heterocycles. The molecule has 3 fully saturated rings. The number of fused-ring (bicyclic) bond motifs is 3. The van der Waals surface area contributed by atoms with Crippen molar-refractivity contribution in [3.05, 3.63) is 35.4 Å². The van der Waals surface area contributed by atoms with E-state index in [4.69, 9.17) is 0 Å². The van der Waals surface area contributed by atoms with Gasteiger partial charge in [0.1, 0.15) is 0 Å². The highest BCUT2D eigenvalue weighted by Crippen LogP contribution is 2.57. The van der Waals surface area contributed by atoms with Crippen molar-refractivity contribution in [2.75, 3.05) is 7.05 Å². The van der Waals surface area contributed by atoms with Gasteiger partial charge in [0.2, 0.25) is 5.91 Å². The number of nitrogens with zero attached hydrogens (tertiary/aromatic N) is 1. The maximum Gasteiger partial charge on any atom is 0.309 e. The summed E-state index contributed by atoms with van der Waals surface area (Å²) in [6, 6.07) is 8.49. The first-order valence-corrected chi connectivity index (χ1v) is 9.36. The van der Waals surface area contributed by atoms with Crippen molar-refractivity contribution >= 4 is 11.9 Å². The van der Waals surface area contributed by atoms with Crippen LogP contribution in [0.2, 0.25) is 0 Å². The number of amides is 1. The smallest absolute Gasteiger partial charge is 0.309 e. The summed E-state index contributed by atoms with van der Waals surface area (Å²) in [7, 11) is 1.88. The molecule has 0 saturated heterocycles. The summed E-state index contributed by atoms with van der Waals surface area (Å²) in [5.41, 5.74) is 1.56. The van der Waals surface area contributed by atoms with Gasteiger partial charge in [-0.3, -0.25) is 9.59 Å². The molecule has 3 saturated carbocycles. The minimum absolute atomic E-state index is 0.194. The van der Waals surface area contributed by atoms with E-state index in [2.05, 4.69) is 38.1 Å². The van der Waals surface area contributed by atoms with Crippen LogP contribution >= 0.6 is 0 Å². The number of carbonyl (C=O) groups excluding carboxylic acids is 1. The summed E-state index contributed by atoms with van der Waals surface area (Å²) in [6.45, 7) is 4.96. The van der Waals surface area contributed by atoms with Gasteiger partial charge in [-0.2, -0.15) is 0 Å². The fraction of sp³-hybridized carbons (Fsp3) is 0.619. The van der Waals surface area contributed by atoms with Gasteiger partial charge in [0.25, 0.3) is 0 Å². The minimum atomic E-state index is -0.674. The molecular weight excluding hydrogens is 314 g/mol. The molecule has 1 aromatic carbocycles. The Bertz CT molecular complexity index is 638. The average Bonchev–Trinajstić information content (AvgIpc) is 2.63. The van der Waals surface area contributed by atoms with Crippen molar-refractivity contribution in [2.24, 2.45) is 10.8 Å². The molecule has 0 aliphatic heterocycles. The van der Waals surface area contributed by atoms with Crippen LogP contribution in [0.15, 0.2) is 24.3 Å². The fourth-order valence-electron chi connectivity index (χ4n) is 4.59. The lowest BCUT2D eigenvalue weighted by atomic mass is 9.53. The number of carboxylic acids is 1. The Morgan fingerprint density at radius 3 is 1.92 bits per heavy atom. The van der Waals surface area contributed by atoms with Gasteiger partial charge in [0.05, 0.1) is 5.41 Å². The van der Waals surface area contributed by atoms with Gasteiger partial charge in [-0.1, -0.05) is 38.1 Å². The number of aliphatic carboxylic acids is 1. The van der Waals surface area contributed by atoms with Gasteiger partial charge in [0.15, 0.2) is 0 Å². The van der Waals surface area contributed by atoms with Crippen LogP contribution in [-0.2, 0) is 16.1 Å². The zero-order chi connectivity index (χ0) is 18.2. The van der Waals surface area contributed by atoms with Crippen LogP contribution < -0.4 is 0 Å². The van der Waals surface area contributed by atoms with Crippen molar-refractivity contribution < 1.29 is 14.7 Å². The van der Waals surface area contributed by atoms with E-state index in [1.807, 2.05) is 11.9 Å². The van der Waals surface area contributed by atoms with Crippen LogP contribution in [0.1, 0.15) is 69.4 Å². The number of benzene rings is 1. The summed E-state index contributed by atoms with van der Waals surface area (Å²) < 4.78 is 0. The molecule has 1 N–H and O–H groups in total. The van der Waals surface area contributed by atoms with Crippen molar-refractivity contribution in [3.63, 3.8) is 0 Å². The van der Waals surface area contributed by atoms with Crippen LogP contribution in [0.5, 0.6) is 0 Å². The molecule has 1 amide bonds. The molecule has 2 bridgehead atoms. The monoisotopic (exact) mass is 343 g/mol. The first kappa shape index (κ1) is 18.0. The highest BCUT2D eigenvalue weighted by molar-refractivity contribution is 5.84. The maximum atomic E-state index is 13.1. The molecule has 0 atom stereocenters. The van der Waals surface area contributed by atoms with E-state index >= 15 is 0 Å². The van der Waals surface area contributed by atoms with Gasteiger partial charge < -0.3 is 10.0 Å². The first-order chi connectivity index (χ1) is 11.8. The molecule has 3 aliphatic rings. The molecular formula is C21H29NO3. The predicted octanol–water partition coefficient (Wildman–Crippen LogP) is 4.19. The molecule has 4 heteroatoms. The number of rotatable bonds is 5. The minimum Gasteiger partial charge on any atom is -0.481 e. The molecule has 0 heterocycles. The third-order valence-corrected chi connectivity index (χ3v) is 6.57. The number of carbonyl (C=O) groups is 2. The number of hydrogen-bond donors (Lipinski definition) is 1. The lowest BCUT2D eigenvalue weighted by Crippen LogP contribution is -2.52. The third-order valence-electron chi connectivity index (χ3n) is 6.57. The van der Waals surface area contributed by atoms with Gasteiger partial charge in [0, 0.05) is 19.0 Å². The highest BCUT2D eigenvalue weighted by atomic mass is 16.4. The zero-order valence-corrected chi connectivity index (χ0v) is 15.5. The van der Waals surface area contributed by atoms with E-state index in [1.165, 1.54) is 5.56 Å². The molecule has 25 heavy (non-hydrogen) atoms. The van der Waals surface area contributed by atoms with Crippen molar-refractivity contribution in [3.8, 4) is 0 Å². The third kappa shape index (κ3) is 3.19. The Hall–Kier alpha value is -1.84. The standard InChI is InChI=1S/C21H29NO3/c1-15(2)17-6-4-16(5-7-17)14-22(3)18(23)20-8-11-21(12-9-20,13-10-20)19(24)25/h4-7,15H,8-14H2,1-3H3,(H,24,25). The molecule has 3 aliphatic carbocycles. The Kier molecular flexibility index (Phi) is 4.65. The average molecular weight is 343 g/mol. The second-order valence-electron chi connectivity index (χ2n) is 8.42. The Labute approximate surface area is 150 Å². The topological polar surface area (TPSA) is 57.6 Å². The highest BCUT2D eigenvalue weighted by Gasteiger charge is 2.56. The SMILES string of the molecule is CC(C)c1ccc(CN(C)C(=O)C23CCC(C(=O)O)(CC2)CC3)cc1. The number of carboxylic acid groups (broad SMARTS) is 1. The molecule has 0 unspecified atom stereocenters. The summed E-state index contributed by atoms with van der Waals surface area (Å²) in [4.78, 5) is 26.5. The van der Waals surface area contributed by atoms with Gasteiger partial charge in [-0.05, 0) is 55.6 Å². The largest absolute Gasteiger partial charge is 0.481 e. The van der Waals surface area contributed by atoms with Crippen LogP contribution in [0.4, 0.5) is 0 Å².